The molecule has 0 bridgehead atoms. The van der Waals surface area contributed by atoms with E-state index in [1.165, 1.54) is 12.1 Å². The van der Waals surface area contributed by atoms with Gasteiger partial charge in [0.2, 0.25) is 0 Å². The summed E-state index contributed by atoms with van der Waals surface area (Å²) >= 11 is 0. The van der Waals surface area contributed by atoms with Gasteiger partial charge in [-0.25, -0.2) is 0 Å². The maximum Gasteiger partial charge on any atom is 0.287 e. The van der Waals surface area contributed by atoms with E-state index in [9.17, 15) is 10.1 Å². The van der Waals surface area contributed by atoms with E-state index in [2.05, 4.69) is 17.1 Å². The van der Waals surface area contributed by atoms with Gasteiger partial charge in [0, 0.05) is 24.3 Å². The van der Waals surface area contributed by atoms with Crippen molar-refractivity contribution in [2.45, 2.75) is 13.0 Å². The summed E-state index contributed by atoms with van der Waals surface area (Å²) in [5.41, 5.74) is 0.622. The van der Waals surface area contributed by atoms with Crippen molar-refractivity contribution in [2.75, 3.05) is 26.0 Å². The Labute approximate surface area is 106 Å². The number of rotatable bonds is 5. The highest BCUT2D eigenvalue weighted by molar-refractivity contribution is 5.58. The molecule has 0 spiro atoms. The van der Waals surface area contributed by atoms with Crippen LogP contribution in [0.3, 0.4) is 0 Å². The first-order valence-corrected chi connectivity index (χ1v) is 5.54. The molecule has 96 valence electrons. The van der Waals surface area contributed by atoms with Gasteiger partial charge in [0.15, 0.2) is 0 Å². The van der Waals surface area contributed by atoms with Gasteiger partial charge in [-0.2, -0.15) is 5.26 Å². The molecule has 6 nitrogen and oxygen atoms in total. The Morgan fingerprint density at radius 1 is 1.56 bits per heavy atom. The molecule has 0 radical (unpaired) electrons. The molecule has 0 heterocycles. The lowest BCUT2D eigenvalue weighted by molar-refractivity contribution is -0.385. The van der Waals surface area contributed by atoms with Gasteiger partial charge in [-0.15, -0.1) is 0 Å². The Hall–Kier alpha value is -2.13. The lowest BCUT2D eigenvalue weighted by atomic mass is 10.1. The highest BCUT2D eigenvalue weighted by Gasteiger charge is 2.13. The number of hydrogen-bond acceptors (Lipinski definition) is 5. The standard InChI is InChI=1S/C12H16N4O2/c1-9(15(2)3)8-14-11-4-5-12(16(17)18)10(6-11)7-13/h4-6,9,14H,8H2,1-3H3. The third-order valence-electron chi connectivity index (χ3n) is 2.80. The third kappa shape index (κ3) is 3.43. The Bertz CT molecular complexity index is 479. The topological polar surface area (TPSA) is 82.2 Å². The van der Waals surface area contributed by atoms with Gasteiger partial charge in [-0.1, -0.05) is 0 Å². The summed E-state index contributed by atoms with van der Waals surface area (Å²) in [6, 6.07) is 6.62. The summed E-state index contributed by atoms with van der Waals surface area (Å²) in [5, 5.41) is 22.7. The molecule has 0 saturated carbocycles. The summed E-state index contributed by atoms with van der Waals surface area (Å²) in [7, 11) is 3.95. The predicted octanol–water partition coefficient (Wildman–Crippen LogP) is 1.83. The highest BCUT2D eigenvalue weighted by atomic mass is 16.6. The lowest BCUT2D eigenvalue weighted by Gasteiger charge is -2.20. The van der Waals surface area contributed by atoms with Gasteiger partial charge < -0.3 is 10.2 Å². The van der Waals surface area contributed by atoms with Crippen LogP contribution in [0.1, 0.15) is 12.5 Å². The van der Waals surface area contributed by atoms with Crippen molar-refractivity contribution in [3.63, 3.8) is 0 Å². The van der Waals surface area contributed by atoms with Crippen molar-refractivity contribution in [3.8, 4) is 6.07 Å². The number of hydrogen-bond donors (Lipinski definition) is 1. The second-order valence-electron chi connectivity index (χ2n) is 4.29. The van der Waals surface area contributed by atoms with Crippen molar-refractivity contribution in [1.29, 1.82) is 5.26 Å². The van der Waals surface area contributed by atoms with Crippen LogP contribution in [0.2, 0.25) is 0 Å². The van der Waals surface area contributed by atoms with Crippen LogP contribution in [0.5, 0.6) is 0 Å². The van der Waals surface area contributed by atoms with Crippen molar-refractivity contribution in [1.82, 2.24) is 4.90 Å². The van der Waals surface area contributed by atoms with Crippen LogP contribution in [0.25, 0.3) is 0 Å². The minimum atomic E-state index is -0.551. The number of nitrogens with zero attached hydrogens (tertiary/aromatic N) is 3. The fourth-order valence-corrected chi connectivity index (χ4v) is 1.34. The largest absolute Gasteiger partial charge is 0.383 e. The van der Waals surface area contributed by atoms with E-state index in [0.717, 1.165) is 0 Å². The molecule has 0 amide bonds. The quantitative estimate of drug-likeness (QED) is 0.635. The van der Waals surface area contributed by atoms with Crippen LogP contribution in [0.4, 0.5) is 11.4 Å². The molecule has 1 N–H and O–H groups in total. The van der Waals surface area contributed by atoms with E-state index < -0.39 is 4.92 Å². The maximum absolute atomic E-state index is 10.7. The summed E-state index contributed by atoms with van der Waals surface area (Å²) in [6.45, 7) is 2.76. The molecule has 1 unspecified atom stereocenters. The fourth-order valence-electron chi connectivity index (χ4n) is 1.34. The van der Waals surface area contributed by atoms with E-state index >= 15 is 0 Å². The molecule has 1 atom stereocenters. The highest BCUT2D eigenvalue weighted by Crippen LogP contribution is 2.21. The van der Waals surface area contributed by atoms with E-state index in [0.29, 0.717) is 18.3 Å². The zero-order valence-corrected chi connectivity index (χ0v) is 10.7. The Morgan fingerprint density at radius 3 is 2.72 bits per heavy atom. The Balaban J connectivity index is 2.81. The number of nitro benzene ring substituents is 1. The number of benzene rings is 1. The first kappa shape index (κ1) is 13.9. The van der Waals surface area contributed by atoms with Crippen molar-refractivity contribution in [2.24, 2.45) is 0 Å². The monoisotopic (exact) mass is 248 g/mol. The van der Waals surface area contributed by atoms with E-state index in [1.807, 2.05) is 20.2 Å². The molecular weight excluding hydrogens is 232 g/mol. The zero-order valence-electron chi connectivity index (χ0n) is 10.7. The van der Waals surface area contributed by atoms with Gasteiger partial charge >= 0.3 is 0 Å². The Kier molecular flexibility index (Phi) is 4.63. The number of nitriles is 1. The van der Waals surface area contributed by atoms with E-state index in [4.69, 9.17) is 5.26 Å². The smallest absolute Gasteiger partial charge is 0.287 e. The fraction of sp³-hybridized carbons (Fsp3) is 0.417. The normalized spacial score (nSPS) is 11.9. The number of nitro groups is 1. The summed E-state index contributed by atoms with van der Waals surface area (Å²) in [4.78, 5) is 12.2. The van der Waals surface area contributed by atoms with Crippen molar-refractivity contribution in [3.05, 3.63) is 33.9 Å². The molecule has 1 rings (SSSR count). The second-order valence-corrected chi connectivity index (χ2v) is 4.29. The number of anilines is 1. The average molecular weight is 248 g/mol. The number of nitrogens with one attached hydrogen (secondary N) is 1. The first-order chi connectivity index (χ1) is 8.45. The van der Waals surface area contributed by atoms with Crippen LogP contribution in [-0.2, 0) is 0 Å². The van der Waals surface area contributed by atoms with Crippen molar-refractivity contribution >= 4 is 11.4 Å². The molecule has 1 aromatic rings. The average Bonchev–Trinajstić information content (AvgIpc) is 2.34. The minimum absolute atomic E-state index is 0.0718. The second kappa shape index (κ2) is 5.98. The van der Waals surface area contributed by atoms with E-state index in [-0.39, 0.29) is 11.3 Å². The van der Waals surface area contributed by atoms with Gasteiger partial charge in [-0.05, 0) is 33.2 Å². The molecule has 0 aliphatic heterocycles. The SMILES string of the molecule is CC(CNc1ccc([N+](=O)[O-])c(C#N)c1)N(C)C. The number of likely N-dealkylation sites (N-methyl/N-ethyl adjacent to an activating group) is 1. The Morgan fingerprint density at radius 2 is 2.22 bits per heavy atom. The minimum Gasteiger partial charge on any atom is -0.383 e. The third-order valence-corrected chi connectivity index (χ3v) is 2.80. The van der Waals surface area contributed by atoms with Crippen LogP contribution in [0, 0.1) is 21.4 Å². The summed E-state index contributed by atoms with van der Waals surface area (Å²) in [5.74, 6) is 0. The zero-order chi connectivity index (χ0) is 13.7. The summed E-state index contributed by atoms with van der Waals surface area (Å²) < 4.78 is 0. The van der Waals surface area contributed by atoms with Gasteiger partial charge in [0.25, 0.3) is 5.69 Å². The molecule has 18 heavy (non-hydrogen) atoms. The summed E-state index contributed by atoms with van der Waals surface area (Å²) in [6.07, 6.45) is 0. The molecule has 1 aromatic carbocycles. The van der Waals surface area contributed by atoms with Crippen LogP contribution >= 0.6 is 0 Å². The first-order valence-electron chi connectivity index (χ1n) is 5.54. The van der Waals surface area contributed by atoms with E-state index in [1.54, 1.807) is 6.07 Å². The lowest BCUT2D eigenvalue weighted by Crippen LogP contribution is -2.31. The van der Waals surface area contributed by atoms with Gasteiger partial charge in [-0.3, -0.25) is 10.1 Å². The molecule has 0 aliphatic rings. The van der Waals surface area contributed by atoms with Crippen LogP contribution in [0.15, 0.2) is 18.2 Å². The molecule has 0 saturated heterocycles. The maximum atomic E-state index is 10.7. The molecule has 0 aliphatic carbocycles. The molecule has 0 aromatic heterocycles. The van der Waals surface area contributed by atoms with Gasteiger partial charge in [0.05, 0.1) is 4.92 Å². The molecule has 6 heteroatoms. The van der Waals surface area contributed by atoms with Crippen molar-refractivity contribution < 1.29 is 4.92 Å². The molecule has 0 fully saturated rings. The molecular formula is C12H16N4O2. The predicted molar refractivity (Wildman–Crippen MR) is 69.5 cm³/mol. The van der Waals surface area contributed by atoms with Crippen LogP contribution < -0.4 is 5.32 Å². The van der Waals surface area contributed by atoms with Gasteiger partial charge in [0.1, 0.15) is 11.6 Å². The van der Waals surface area contributed by atoms with Crippen LogP contribution in [-0.4, -0.2) is 36.5 Å².